The van der Waals surface area contributed by atoms with Crippen molar-refractivity contribution in [3.8, 4) is 11.1 Å². The molecule has 3 unspecified atom stereocenters. The molecule has 2 aromatic carbocycles. The quantitative estimate of drug-likeness (QED) is 0.540. The highest BCUT2D eigenvalue weighted by Gasteiger charge is 2.40. The zero-order chi connectivity index (χ0) is 27.9. The summed E-state index contributed by atoms with van der Waals surface area (Å²) >= 11 is 0. The predicted molar refractivity (Wildman–Crippen MR) is 130 cm³/mol. The van der Waals surface area contributed by atoms with E-state index in [4.69, 9.17) is 0 Å². The summed E-state index contributed by atoms with van der Waals surface area (Å²) < 4.78 is 79.3. The normalized spacial score (nSPS) is 24.7. The maximum Gasteiger partial charge on any atom is 0.416 e. The van der Waals surface area contributed by atoms with Gasteiger partial charge in [-0.15, -0.1) is 0 Å². The molecule has 6 nitrogen and oxygen atoms in total. The van der Waals surface area contributed by atoms with E-state index in [9.17, 15) is 35.9 Å². The molecule has 2 saturated heterocycles. The lowest BCUT2D eigenvalue weighted by molar-refractivity contribution is -0.143. The number of amides is 2. The van der Waals surface area contributed by atoms with E-state index >= 15 is 0 Å². The van der Waals surface area contributed by atoms with Crippen molar-refractivity contribution >= 4 is 11.8 Å². The predicted octanol–water partition coefficient (Wildman–Crippen LogP) is 4.71. The summed E-state index contributed by atoms with van der Waals surface area (Å²) in [5.41, 5.74) is -2.62. The molecule has 12 heteroatoms. The third kappa shape index (κ3) is 5.91. The van der Waals surface area contributed by atoms with Crippen LogP contribution in [-0.4, -0.2) is 60.1 Å². The van der Waals surface area contributed by atoms with Gasteiger partial charge in [-0.2, -0.15) is 26.3 Å². The number of carbonyl (C=O) groups excluding carboxylic acids is 2. The van der Waals surface area contributed by atoms with Gasteiger partial charge in [0.05, 0.1) is 17.0 Å². The van der Waals surface area contributed by atoms with Gasteiger partial charge in [-0.1, -0.05) is 25.0 Å². The van der Waals surface area contributed by atoms with Crippen LogP contribution >= 0.6 is 0 Å². The number of halogens is 6. The fraction of sp³-hybridized carbons (Fsp3) is 0.481. The number of alkyl halides is 6. The zero-order valence-corrected chi connectivity index (χ0v) is 20.9. The van der Waals surface area contributed by atoms with Crippen LogP contribution in [0.1, 0.15) is 47.2 Å². The number of rotatable bonds is 3. The van der Waals surface area contributed by atoms with Gasteiger partial charge < -0.3 is 10.2 Å². The van der Waals surface area contributed by atoms with Crippen molar-refractivity contribution in [1.82, 2.24) is 20.4 Å². The number of carbonyl (C=O) groups is 2. The fourth-order valence-corrected chi connectivity index (χ4v) is 5.62. The van der Waals surface area contributed by atoms with Gasteiger partial charge in [0.2, 0.25) is 5.91 Å². The van der Waals surface area contributed by atoms with Gasteiger partial charge in [0, 0.05) is 37.8 Å². The third-order valence-electron chi connectivity index (χ3n) is 7.77. The number of nitrogens with one attached hydrogen (secondary N) is 2. The Morgan fingerprint density at radius 3 is 1.97 bits per heavy atom. The molecule has 2 N–H and O–H groups in total. The maximum atomic E-state index is 13.2. The average Bonchev–Trinajstić information content (AvgIpc) is 2.91. The van der Waals surface area contributed by atoms with Crippen LogP contribution in [0, 0.1) is 5.92 Å². The molecule has 0 bridgehead atoms. The standard InChI is InChI=1S/C27H28F6N4O2/c28-26(29,30)19-13-18(14-20(15-19)27(31,32)33)16-5-7-17(8-6-16)24(39)36-9-11-37(12-10-36)25-34-22-4-2-1-3-21(22)23(38)35-25/h5-8,13-15,21-22,25,34H,1-4,9-12H2,(H,35,38). The minimum Gasteiger partial charge on any atom is -0.336 e. The molecule has 0 radical (unpaired) electrons. The lowest BCUT2D eigenvalue weighted by Crippen LogP contribution is -2.69. The molecule has 3 aliphatic rings. The highest BCUT2D eigenvalue weighted by atomic mass is 19.4. The highest BCUT2D eigenvalue weighted by Crippen LogP contribution is 2.38. The molecule has 3 fully saturated rings. The summed E-state index contributed by atoms with van der Waals surface area (Å²) in [4.78, 5) is 29.3. The summed E-state index contributed by atoms with van der Waals surface area (Å²) in [6.45, 7) is 1.88. The van der Waals surface area contributed by atoms with Crippen LogP contribution in [-0.2, 0) is 17.1 Å². The molecule has 210 valence electrons. The Labute approximate surface area is 221 Å². The molecule has 2 aliphatic heterocycles. The van der Waals surface area contributed by atoms with E-state index in [0.717, 1.165) is 25.7 Å². The monoisotopic (exact) mass is 554 g/mol. The van der Waals surface area contributed by atoms with E-state index < -0.39 is 23.5 Å². The summed E-state index contributed by atoms with van der Waals surface area (Å²) in [7, 11) is 0. The van der Waals surface area contributed by atoms with Gasteiger partial charge in [0.1, 0.15) is 6.29 Å². The van der Waals surface area contributed by atoms with Crippen molar-refractivity contribution in [2.45, 2.75) is 50.4 Å². The number of fused-ring (bicyclic) bond motifs is 1. The molecule has 2 aromatic rings. The van der Waals surface area contributed by atoms with Gasteiger partial charge in [0.25, 0.3) is 5.91 Å². The minimum absolute atomic E-state index is 0.00294. The van der Waals surface area contributed by atoms with E-state index in [1.807, 2.05) is 0 Å². The first-order valence-corrected chi connectivity index (χ1v) is 12.9. The van der Waals surface area contributed by atoms with Crippen molar-refractivity contribution in [2.24, 2.45) is 5.92 Å². The Kier molecular flexibility index (Phi) is 7.36. The van der Waals surface area contributed by atoms with E-state index in [-0.39, 0.29) is 52.8 Å². The Balaban J connectivity index is 1.24. The van der Waals surface area contributed by atoms with Gasteiger partial charge in [-0.3, -0.25) is 19.8 Å². The molecule has 2 amide bonds. The summed E-state index contributed by atoms with van der Waals surface area (Å²) in [5.74, 6) is -0.226. The Hall–Kier alpha value is -3.12. The molecule has 0 spiro atoms. The van der Waals surface area contributed by atoms with E-state index in [1.165, 1.54) is 24.3 Å². The number of piperazine rings is 1. The molecule has 3 atom stereocenters. The Morgan fingerprint density at radius 1 is 0.795 bits per heavy atom. The van der Waals surface area contributed by atoms with Crippen molar-refractivity contribution < 1.29 is 35.9 Å². The van der Waals surface area contributed by atoms with E-state index in [2.05, 4.69) is 15.5 Å². The van der Waals surface area contributed by atoms with Crippen molar-refractivity contribution in [2.75, 3.05) is 26.2 Å². The summed E-state index contributed by atoms with van der Waals surface area (Å²) in [6.07, 6.45) is -6.19. The number of benzene rings is 2. The van der Waals surface area contributed by atoms with Crippen LogP contribution in [0.3, 0.4) is 0 Å². The first-order chi connectivity index (χ1) is 18.4. The fourth-order valence-electron chi connectivity index (χ4n) is 5.62. The SMILES string of the molecule is O=C1NC(N2CCN(C(=O)c3ccc(-c4cc(C(F)(F)F)cc(C(F)(F)F)c4)cc3)CC2)NC2CCCCC12. The lowest BCUT2D eigenvalue weighted by Gasteiger charge is -2.46. The Morgan fingerprint density at radius 2 is 1.38 bits per heavy atom. The van der Waals surface area contributed by atoms with Gasteiger partial charge >= 0.3 is 12.4 Å². The molecule has 0 aromatic heterocycles. The molecule has 1 saturated carbocycles. The van der Waals surface area contributed by atoms with Crippen LogP contribution < -0.4 is 10.6 Å². The van der Waals surface area contributed by atoms with Crippen LogP contribution in [0.4, 0.5) is 26.3 Å². The average molecular weight is 555 g/mol. The topological polar surface area (TPSA) is 64.7 Å². The van der Waals surface area contributed by atoms with Gasteiger partial charge in [0.15, 0.2) is 0 Å². The lowest BCUT2D eigenvalue weighted by atomic mass is 9.82. The summed E-state index contributed by atoms with van der Waals surface area (Å²) in [6, 6.07) is 7.08. The molecular formula is C27H28F6N4O2. The highest BCUT2D eigenvalue weighted by molar-refractivity contribution is 5.94. The largest absolute Gasteiger partial charge is 0.416 e. The second kappa shape index (κ2) is 10.5. The molecular weight excluding hydrogens is 526 g/mol. The molecule has 1 aliphatic carbocycles. The van der Waals surface area contributed by atoms with Crippen molar-refractivity contribution in [3.05, 3.63) is 59.2 Å². The van der Waals surface area contributed by atoms with Crippen molar-refractivity contribution in [3.63, 3.8) is 0 Å². The number of hydrogen-bond acceptors (Lipinski definition) is 4. The maximum absolute atomic E-state index is 13.2. The molecule has 5 rings (SSSR count). The summed E-state index contributed by atoms with van der Waals surface area (Å²) in [5, 5.41) is 6.57. The number of hydrogen-bond donors (Lipinski definition) is 2. The van der Waals surface area contributed by atoms with E-state index in [1.54, 1.807) is 4.90 Å². The van der Waals surface area contributed by atoms with Gasteiger partial charge in [-0.25, -0.2) is 0 Å². The van der Waals surface area contributed by atoms with Crippen LogP contribution in [0.5, 0.6) is 0 Å². The minimum atomic E-state index is -4.94. The van der Waals surface area contributed by atoms with Crippen LogP contribution in [0.2, 0.25) is 0 Å². The zero-order valence-electron chi connectivity index (χ0n) is 20.9. The van der Waals surface area contributed by atoms with E-state index in [0.29, 0.717) is 38.3 Å². The van der Waals surface area contributed by atoms with Gasteiger partial charge in [-0.05, 0) is 54.3 Å². The van der Waals surface area contributed by atoms with Crippen molar-refractivity contribution in [1.29, 1.82) is 0 Å². The number of nitrogens with zero attached hydrogens (tertiary/aromatic N) is 2. The first kappa shape index (κ1) is 27.4. The van der Waals surface area contributed by atoms with Crippen LogP contribution in [0.25, 0.3) is 11.1 Å². The van der Waals surface area contributed by atoms with Crippen LogP contribution in [0.15, 0.2) is 42.5 Å². The smallest absolute Gasteiger partial charge is 0.336 e. The second-order valence-electron chi connectivity index (χ2n) is 10.3. The second-order valence-corrected chi connectivity index (χ2v) is 10.3. The first-order valence-electron chi connectivity index (χ1n) is 12.9. The third-order valence-corrected chi connectivity index (χ3v) is 7.77. The Bertz CT molecular complexity index is 1190. The molecule has 2 heterocycles. The molecule has 39 heavy (non-hydrogen) atoms.